The highest BCUT2D eigenvalue weighted by Crippen LogP contribution is 2.24. The van der Waals surface area contributed by atoms with E-state index in [1.54, 1.807) is 0 Å². The highest BCUT2D eigenvalue weighted by Gasteiger charge is 2.35. The lowest BCUT2D eigenvalue weighted by Crippen LogP contribution is -2.60. The fourth-order valence-corrected chi connectivity index (χ4v) is 2.90. The first-order chi connectivity index (χ1) is 9.40. The van der Waals surface area contributed by atoms with E-state index in [4.69, 9.17) is 11.6 Å². The zero-order chi connectivity index (χ0) is 14.9. The molecule has 6 heteroatoms. The van der Waals surface area contributed by atoms with Crippen LogP contribution in [-0.4, -0.2) is 39.2 Å². The summed E-state index contributed by atoms with van der Waals surface area (Å²) < 4.78 is 1.91. The first-order valence-corrected chi connectivity index (χ1v) is 7.57. The van der Waals surface area contributed by atoms with Crippen molar-refractivity contribution >= 4 is 17.5 Å². The molecule has 0 radical (unpaired) electrons. The summed E-state index contributed by atoms with van der Waals surface area (Å²) >= 11 is 6.41. The van der Waals surface area contributed by atoms with Gasteiger partial charge < -0.3 is 10.2 Å². The molecule has 2 rings (SSSR count). The van der Waals surface area contributed by atoms with Crippen molar-refractivity contribution in [1.82, 2.24) is 20.0 Å². The molecule has 1 aliphatic heterocycles. The molecule has 0 aliphatic carbocycles. The molecule has 0 aromatic carbocycles. The van der Waals surface area contributed by atoms with Gasteiger partial charge in [0.2, 0.25) is 5.91 Å². The summed E-state index contributed by atoms with van der Waals surface area (Å²) in [6, 6.07) is 0. The van der Waals surface area contributed by atoms with E-state index >= 15 is 0 Å². The number of amides is 1. The Morgan fingerprint density at radius 3 is 2.70 bits per heavy atom. The summed E-state index contributed by atoms with van der Waals surface area (Å²) in [6.07, 6.45) is 0.805. The number of hydrogen-bond acceptors (Lipinski definition) is 3. The fraction of sp³-hybridized carbons (Fsp3) is 0.714. The third-order valence-electron chi connectivity index (χ3n) is 3.81. The highest BCUT2D eigenvalue weighted by atomic mass is 35.5. The summed E-state index contributed by atoms with van der Waals surface area (Å²) in [7, 11) is 0. The average Bonchev–Trinajstić information content (AvgIpc) is 2.71. The largest absolute Gasteiger partial charge is 0.334 e. The van der Waals surface area contributed by atoms with E-state index in [0.29, 0.717) is 18.1 Å². The molecule has 1 N–H and O–H groups in total. The Kier molecular flexibility index (Phi) is 4.39. The molecule has 1 fully saturated rings. The maximum Gasteiger partial charge on any atom is 0.242 e. The molecular weight excluding hydrogens is 276 g/mol. The molecule has 1 saturated heterocycles. The van der Waals surface area contributed by atoms with Crippen LogP contribution in [0.5, 0.6) is 0 Å². The van der Waals surface area contributed by atoms with Crippen molar-refractivity contribution in [3.8, 4) is 0 Å². The molecular formula is C14H23ClN4O. The van der Waals surface area contributed by atoms with Gasteiger partial charge in [0.1, 0.15) is 0 Å². The van der Waals surface area contributed by atoms with Gasteiger partial charge >= 0.3 is 0 Å². The van der Waals surface area contributed by atoms with Gasteiger partial charge in [0, 0.05) is 19.6 Å². The SMILES string of the molecule is CCc1nn(CC)c(CN2CCNC(C)(C)C2=O)c1Cl. The van der Waals surface area contributed by atoms with Crippen LogP contribution in [0.3, 0.4) is 0 Å². The van der Waals surface area contributed by atoms with Crippen LogP contribution in [0, 0.1) is 0 Å². The molecule has 0 spiro atoms. The molecule has 1 aromatic heterocycles. The van der Waals surface area contributed by atoms with Gasteiger partial charge in [-0.25, -0.2) is 0 Å². The molecule has 0 unspecified atom stereocenters. The van der Waals surface area contributed by atoms with Crippen molar-refractivity contribution in [3.63, 3.8) is 0 Å². The van der Waals surface area contributed by atoms with Crippen LogP contribution in [0.25, 0.3) is 0 Å². The minimum atomic E-state index is -0.505. The summed E-state index contributed by atoms with van der Waals surface area (Å²) in [4.78, 5) is 14.3. The highest BCUT2D eigenvalue weighted by molar-refractivity contribution is 6.31. The predicted octanol–water partition coefficient (Wildman–Crippen LogP) is 1.83. The summed E-state index contributed by atoms with van der Waals surface area (Å²) in [5.74, 6) is 0.113. The number of nitrogens with one attached hydrogen (secondary N) is 1. The van der Waals surface area contributed by atoms with E-state index in [2.05, 4.69) is 10.4 Å². The van der Waals surface area contributed by atoms with Gasteiger partial charge in [0.25, 0.3) is 0 Å². The van der Waals surface area contributed by atoms with E-state index in [1.807, 2.05) is 37.3 Å². The molecule has 1 aromatic rings. The van der Waals surface area contributed by atoms with Gasteiger partial charge in [0.15, 0.2) is 0 Å². The third kappa shape index (κ3) is 2.69. The van der Waals surface area contributed by atoms with Crippen LogP contribution in [0.1, 0.15) is 39.1 Å². The average molecular weight is 299 g/mol. The third-order valence-corrected chi connectivity index (χ3v) is 4.24. The second-order valence-corrected chi connectivity index (χ2v) is 6.03. The van der Waals surface area contributed by atoms with Crippen LogP contribution in [0.4, 0.5) is 0 Å². The Morgan fingerprint density at radius 2 is 2.10 bits per heavy atom. The lowest BCUT2D eigenvalue weighted by atomic mass is 10.0. The lowest BCUT2D eigenvalue weighted by Gasteiger charge is -2.38. The first-order valence-electron chi connectivity index (χ1n) is 7.19. The minimum Gasteiger partial charge on any atom is -0.334 e. The minimum absolute atomic E-state index is 0.113. The number of carbonyl (C=O) groups excluding carboxylic acids is 1. The number of carbonyl (C=O) groups is 1. The maximum absolute atomic E-state index is 12.4. The molecule has 20 heavy (non-hydrogen) atoms. The van der Waals surface area contributed by atoms with Crippen molar-refractivity contribution in [2.75, 3.05) is 13.1 Å². The van der Waals surface area contributed by atoms with E-state index in [0.717, 1.165) is 30.9 Å². The fourth-order valence-electron chi connectivity index (χ4n) is 2.58. The second kappa shape index (κ2) is 5.74. The molecule has 112 valence electrons. The van der Waals surface area contributed by atoms with E-state index in [-0.39, 0.29) is 5.91 Å². The summed E-state index contributed by atoms with van der Waals surface area (Å²) in [6.45, 7) is 10.7. The second-order valence-electron chi connectivity index (χ2n) is 5.66. The lowest BCUT2D eigenvalue weighted by molar-refractivity contribution is -0.140. The van der Waals surface area contributed by atoms with E-state index < -0.39 is 5.54 Å². The van der Waals surface area contributed by atoms with Crippen LogP contribution in [0.15, 0.2) is 0 Å². The Labute approximate surface area is 125 Å². The first kappa shape index (κ1) is 15.3. The number of aromatic nitrogens is 2. The Bertz CT molecular complexity index is 510. The summed E-state index contributed by atoms with van der Waals surface area (Å²) in [5, 5.41) is 8.45. The van der Waals surface area contributed by atoms with Crippen LogP contribution in [0.2, 0.25) is 5.02 Å². The molecule has 1 aliphatic rings. The van der Waals surface area contributed by atoms with Gasteiger partial charge in [-0.15, -0.1) is 0 Å². The van der Waals surface area contributed by atoms with Crippen LogP contribution in [-0.2, 0) is 24.3 Å². The number of nitrogens with zero attached hydrogens (tertiary/aromatic N) is 3. The monoisotopic (exact) mass is 298 g/mol. The predicted molar refractivity (Wildman–Crippen MR) is 79.8 cm³/mol. The van der Waals surface area contributed by atoms with Crippen molar-refractivity contribution in [2.24, 2.45) is 0 Å². The van der Waals surface area contributed by atoms with Crippen LogP contribution < -0.4 is 5.32 Å². The zero-order valence-corrected chi connectivity index (χ0v) is 13.4. The molecule has 5 nitrogen and oxygen atoms in total. The standard InChI is InChI=1S/C14H23ClN4O/c1-5-10-12(15)11(19(6-2)17-10)9-18-8-7-16-14(3,4)13(18)20/h16H,5-9H2,1-4H3. The molecule has 0 atom stereocenters. The summed E-state index contributed by atoms with van der Waals surface area (Å²) in [5.41, 5.74) is 1.34. The molecule has 0 bridgehead atoms. The van der Waals surface area contributed by atoms with Crippen molar-refractivity contribution in [1.29, 1.82) is 0 Å². The smallest absolute Gasteiger partial charge is 0.242 e. The number of hydrogen-bond donors (Lipinski definition) is 1. The van der Waals surface area contributed by atoms with Crippen molar-refractivity contribution in [3.05, 3.63) is 16.4 Å². The Morgan fingerprint density at radius 1 is 1.40 bits per heavy atom. The topological polar surface area (TPSA) is 50.2 Å². The molecule has 1 amide bonds. The number of halogens is 1. The van der Waals surface area contributed by atoms with Gasteiger partial charge in [-0.2, -0.15) is 5.10 Å². The van der Waals surface area contributed by atoms with Crippen molar-refractivity contribution in [2.45, 2.75) is 52.7 Å². The maximum atomic E-state index is 12.4. The van der Waals surface area contributed by atoms with E-state index in [9.17, 15) is 4.79 Å². The Balaban J connectivity index is 2.25. The van der Waals surface area contributed by atoms with Gasteiger partial charge in [-0.05, 0) is 27.2 Å². The van der Waals surface area contributed by atoms with E-state index in [1.165, 1.54) is 0 Å². The quantitative estimate of drug-likeness (QED) is 0.922. The van der Waals surface area contributed by atoms with Gasteiger partial charge in [-0.1, -0.05) is 18.5 Å². The van der Waals surface area contributed by atoms with Crippen LogP contribution >= 0.6 is 11.6 Å². The number of aryl methyl sites for hydroxylation is 2. The molecule has 2 heterocycles. The normalized spacial score (nSPS) is 18.6. The zero-order valence-electron chi connectivity index (χ0n) is 12.7. The Hall–Kier alpha value is -1.07. The number of rotatable bonds is 4. The van der Waals surface area contributed by atoms with Gasteiger partial charge in [-0.3, -0.25) is 9.48 Å². The van der Waals surface area contributed by atoms with Gasteiger partial charge in [0.05, 0.1) is 28.5 Å². The number of piperazine rings is 1. The molecule has 0 saturated carbocycles. The van der Waals surface area contributed by atoms with Crippen molar-refractivity contribution < 1.29 is 4.79 Å².